The minimum atomic E-state index is 0.0304. The van der Waals surface area contributed by atoms with Gasteiger partial charge in [-0.05, 0) is 43.3 Å². The molecular weight excluding hydrogens is 332 g/mol. The largest absolute Gasteiger partial charge is 0.494 e. The molecule has 0 saturated heterocycles. The van der Waals surface area contributed by atoms with E-state index < -0.39 is 0 Å². The molecule has 0 aliphatic rings. The van der Waals surface area contributed by atoms with Gasteiger partial charge in [-0.3, -0.25) is 4.79 Å². The van der Waals surface area contributed by atoms with Gasteiger partial charge in [-0.25, -0.2) is 0 Å². The van der Waals surface area contributed by atoms with Crippen molar-refractivity contribution in [1.29, 1.82) is 5.26 Å². The number of benzene rings is 2. The molecule has 0 aliphatic heterocycles. The van der Waals surface area contributed by atoms with Crippen molar-refractivity contribution in [3.8, 4) is 11.8 Å². The molecule has 0 saturated carbocycles. The fourth-order valence-electron chi connectivity index (χ4n) is 2.36. The van der Waals surface area contributed by atoms with Gasteiger partial charge in [0.25, 0.3) is 0 Å². The normalized spacial score (nSPS) is 10.1. The van der Waals surface area contributed by atoms with E-state index in [1.54, 1.807) is 16.7 Å². The third kappa shape index (κ3) is 6.17. The zero-order chi connectivity index (χ0) is 17.9. The molecule has 0 unspecified atom stereocenters. The van der Waals surface area contributed by atoms with Crippen molar-refractivity contribution >= 4 is 23.4 Å². The van der Waals surface area contributed by atoms with Gasteiger partial charge in [-0.1, -0.05) is 18.2 Å². The maximum atomic E-state index is 12.6. The van der Waals surface area contributed by atoms with Gasteiger partial charge in [-0.15, -0.1) is 11.8 Å². The Balaban J connectivity index is 1.97. The summed E-state index contributed by atoms with van der Waals surface area (Å²) in [6, 6.07) is 19.6. The summed E-state index contributed by atoms with van der Waals surface area (Å²) in [6.45, 7) is 2.94. The van der Waals surface area contributed by atoms with Crippen LogP contribution < -0.4 is 9.64 Å². The smallest absolute Gasteiger partial charge is 0.227 e. The molecule has 0 fully saturated rings. The molecule has 4 nitrogen and oxygen atoms in total. The highest BCUT2D eigenvalue weighted by atomic mass is 32.2. The number of carbonyl (C=O) groups excluding carboxylic acids is 1. The van der Waals surface area contributed by atoms with Crippen LogP contribution in [0.3, 0.4) is 0 Å². The Bertz CT molecular complexity index is 696. The Hall–Kier alpha value is -2.45. The SMILES string of the molecule is CCOc1ccc(N(CCC#N)C(=O)CCSc2ccccc2)cc1. The average molecular weight is 354 g/mol. The van der Waals surface area contributed by atoms with Crippen LogP contribution in [-0.4, -0.2) is 24.8 Å². The van der Waals surface area contributed by atoms with E-state index in [9.17, 15) is 4.79 Å². The van der Waals surface area contributed by atoms with Gasteiger partial charge in [0.2, 0.25) is 5.91 Å². The molecular formula is C20H22N2O2S. The molecule has 130 valence electrons. The molecule has 0 radical (unpaired) electrons. The predicted molar refractivity (Wildman–Crippen MR) is 102 cm³/mol. The number of rotatable bonds is 9. The number of carbonyl (C=O) groups is 1. The molecule has 2 aromatic carbocycles. The minimum Gasteiger partial charge on any atom is -0.494 e. The zero-order valence-electron chi connectivity index (χ0n) is 14.4. The van der Waals surface area contributed by atoms with Crippen LogP contribution in [-0.2, 0) is 4.79 Å². The number of amides is 1. The van der Waals surface area contributed by atoms with Crippen molar-refractivity contribution in [2.45, 2.75) is 24.7 Å². The van der Waals surface area contributed by atoms with Gasteiger partial charge in [-0.2, -0.15) is 5.26 Å². The quantitative estimate of drug-likeness (QED) is 0.622. The van der Waals surface area contributed by atoms with Crippen molar-refractivity contribution in [3.05, 3.63) is 54.6 Å². The molecule has 0 N–H and O–H groups in total. The first-order valence-corrected chi connectivity index (χ1v) is 9.31. The topological polar surface area (TPSA) is 53.3 Å². The Labute approximate surface area is 153 Å². The van der Waals surface area contributed by atoms with Gasteiger partial charge < -0.3 is 9.64 Å². The maximum Gasteiger partial charge on any atom is 0.227 e. The fraction of sp³-hybridized carbons (Fsp3) is 0.300. The molecule has 2 rings (SSSR count). The number of anilines is 1. The van der Waals surface area contributed by atoms with E-state index in [4.69, 9.17) is 10.00 Å². The van der Waals surface area contributed by atoms with Crippen molar-refractivity contribution < 1.29 is 9.53 Å². The van der Waals surface area contributed by atoms with Crippen LogP contribution in [0.5, 0.6) is 5.75 Å². The van der Waals surface area contributed by atoms with Gasteiger partial charge in [0.15, 0.2) is 0 Å². The molecule has 0 bridgehead atoms. The summed E-state index contributed by atoms with van der Waals surface area (Å²) in [5.74, 6) is 1.52. The maximum absolute atomic E-state index is 12.6. The first kappa shape index (κ1) is 18.9. The molecule has 5 heteroatoms. The van der Waals surface area contributed by atoms with Crippen molar-refractivity contribution in [2.24, 2.45) is 0 Å². The third-order valence-corrected chi connectivity index (χ3v) is 4.55. The van der Waals surface area contributed by atoms with Gasteiger partial charge in [0.05, 0.1) is 19.1 Å². The number of ether oxygens (including phenoxy) is 1. The monoisotopic (exact) mass is 354 g/mol. The standard InChI is InChI=1S/C20H22N2O2S/c1-2-24-18-11-9-17(10-12-18)22(15-6-14-21)20(23)13-16-25-19-7-4-3-5-8-19/h3-5,7-12H,2,6,13,15-16H2,1H3. The number of nitrogens with zero attached hydrogens (tertiary/aromatic N) is 2. The van der Waals surface area contributed by atoms with E-state index in [1.807, 2.05) is 61.5 Å². The summed E-state index contributed by atoms with van der Waals surface area (Å²) in [7, 11) is 0. The van der Waals surface area contributed by atoms with Crippen LogP contribution in [0.15, 0.2) is 59.5 Å². The number of nitriles is 1. The van der Waals surface area contributed by atoms with E-state index in [-0.39, 0.29) is 5.91 Å². The second-order valence-corrected chi connectivity index (χ2v) is 6.46. The summed E-state index contributed by atoms with van der Waals surface area (Å²) in [5.41, 5.74) is 0.799. The van der Waals surface area contributed by atoms with Crippen LogP contribution in [0.1, 0.15) is 19.8 Å². The first-order chi connectivity index (χ1) is 12.2. The Kier molecular flexibility index (Phi) is 7.87. The lowest BCUT2D eigenvalue weighted by atomic mass is 10.2. The molecule has 0 heterocycles. The molecule has 1 amide bonds. The average Bonchev–Trinajstić information content (AvgIpc) is 2.64. The first-order valence-electron chi connectivity index (χ1n) is 8.32. The van der Waals surface area contributed by atoms with E-state index in [1.165, 1.54) is 0 Å². The summed E-state index contributed by atoms with van der Waals surface area (Å²) < 4.78 is 5.44. The van der Waals surface area contributed by atoms with Crippen molar-refractivity contribution in [1.82, 2.24) is 0 Å². The second-order valence-electron chi connectivity index (χ2n) is 5.29. The van der Waals surface area contributed by atoms with E-state index in [0.717, 1.165) is 16.3 Å². The van der Waals surface area contributed by atoms with Gasteiger partial charge >= 0.3 is 0 Å². The lowest BCUT2D eigenvalue weighted by molar-refractivity contribution is -0.118. The van der Waals surface area contributed by atoms with Crippen LogP contribution in [0.2, 0.25) is 0 Å². The Morgan fingerprint density at radius 3 is 2.52 bits per heavy atom. The Morgan fingerprint density at radius 2 is 1.88 bits per heavy atom. The second kappa shape index (κ2) is 10.4. The van der Waals surface area contributed by atoms with E-state index in [2.05, 4.69) is 6.07 Å². The van der Waals surface area contributed by atoms with Crippen molar-refractivity contribution in [2.75, 3.05) is 23.8 Å². The molecule has 0 aromatic heterocycles. The predicted octanol–water partition coefficient (Wildman–Crippen LogP) is 4.51. The van der Waals surface area contributed by atoms with Gasteiger partial charge in [0, 0.05) is 29.3 Å². The highest BCUT2D eigenvalue weighted by molar-refractivity contribution is 7.99. The number of thioether (sulfide) groups is 1. The van der Waals surface area contributed by atoms with Gasteiger partial charge in [0.1, 0.15) is 5.75 Å². The third-order valence-electron chi connectivity index (χ3n) is 3.54. The zero-order valence-corrected chi connectivity index (χ0v) is 15.2. The van der Waals surface area contributed by atoms with Crippen LogP contribution in [0, 0.1) is 11.3 Å². The van der Waals surface area contributed by atoms with Crippen LogP contribution in [0.25, 0.3) is 0 Å². The molecule has 0 aliphatic carbocycles. The number of hydrogen-bond donors (Lipinski definition) is 0. The molecule has 0 atom stereocenters. The number of hydrogen-bond acceptors (Lipinski definition) is 4. The van der Waals surface area contributed by atoms with Crippen molar-refractivity contribution in [3.63, 3.8) is 0 Å². The summed E-state index contributed by atoms with van der Waals surface area (Å²) in [6.07, 6.45) is 0.739. The van der Waals surface area contributed by atoms with E-state index >= 15 is 0 Å². The highest BCUT2D eigenvalue weighted by Gasteiger charge is 2.15. The minimum absolute atomic E-state index is 0.0304. The molecule has 25 heavy (non-hydrogen) atoms. The van der Waals surface area contributed by atoms with E-state index in [0.29, 0.717) is 31.7 Å². The summed E-state index contributed by atoms with van der Waals surface area (Å²) in [5, 5.41) is 8.87. The highest BCUT2D eigenvalue weighted by Crippen LogP contribution is 2.22. The molecule has 0 spiro atoms. The Morgan fingerprint density at radius 1 is 1.16 bits per heavy atom. The lowest BCUT2D eigenvalue weighted by Gasteiger charge is -2.22. The van der Waals surface area contributed by atoms with Crippen LogP contribution >= 0.6 is 11.8 Å². The summed E-state index contributed by atoms with van der Waals surface area (Å²) in [4.78, 5) is 15.5. The fourth-order valence-corrected chi connectivity index (χ4v) is 3.22. The van der Waals surface area contributed by atoms with Crippen LogP contribution in [0.4, 0.5) is 5.69 Å². The lowest BCUT2D eigenvalue weighted by Crippen LogP contribution is -2.32. The molecule has 2 aromatic rings. The summed E-state index contributed by atoms with van der Waals surface area (Å²) >= 11 is 1.66.